The number of aromatic hydroxyl groups is 1. The van der Waals surface area contributed by atoms with Gasteiger partial charge in [0.05, 0.1) is 23.1 Å². The van der Waals surface area contributed by atoms with Gasteiger partial charge in [-0.05, 0) is 35.4 Å². The molecule has 3 aromatic rings. The second-order valence-electron chi connectivity index (χ2n) is 6.88. The maximum absolute atomic E-state index is 12.4. The Morgan fingerprint density at radius 1 is 0.828 bits per heavy atom. The van der Waals surface area contributed by atoms with Crippen LogP contribution in [0, 0.1) is 0 Å². The van der Waals surface area contributed by atoms with E-state index in [0.717, 1.165) is 33.8 Å². The van der Waals surface area contributed by atoms with Crippen LogP contribution < -0.4 is 16.0 Å². The highest BCUT2D eigenvalue weighted by Crippen LogP contribution is 2.38. The minimum Gasteiger partial charge on any atom is -0.508 e. The van der Waals surface area contributed by atoms with Crippen LogP contribution in [0.15, 0.2) is 89.4 Å². The van der Waals surface area contributed by atoms with Gasteiger partial charge in [0.25, 0.3) is 0 Å². The quantitative estimate of drug-likeness (QED) is 0.533. The number of rotatable bonds is 2. The fourth-order valence-corrected chi connectivity index (χ4v) is 3.65. The monoisotopic (exact) mass is 382 g/mol. The Kier molecular flexibility index (Phi) is 4.02. The standard InChI is InChI=1S/C23H18N4O2/c28-16-12-10-15(11-13-16)21-19-20(14-6-2-1-3-7-14)24-17-8-4-5-9-18(17)25-22(19)27-23(29)26-21/h1-13,21,24,28H,(H2,25,26,27,29). The van der Waals surface area contributed by atoms with Crippen LogP contribution in [0.3, 0.4) is 0 Å². The SMILES string of the molecule is O=C1NC2=Nc3ccccc3NC(c3ccccc3)=C2C(c2ccc(O)cc2)N1. The van der Waals surface area contributed by atoms with E-state index >= 15 is 0 Å². The van der Waals surface area contributed by atoms with E-state index in [-0.39, 0.29) is 11.8 Å². The van der Waals surface area contributed by atoms with Crippen molar-refractivity contribution >= 4 is 28.9 Å². The number of urea groups is 1. The summed E-state index contributed by atoms with van der Waals surface area (Å²) in [6, 6.07) is 23.8. The average molecular weight is 382 g/mol. The normalized spacial score (nSPS) is 17.7. The predicted octanol–water partition coefficient (Wildman–Crippen LogP) is 4.31. The Hall–Kier alpha value is -4.06. The summed E-state index contributed by atoms with van der Waals surface area (Å²) in [5, 5.41) is 19.1. The molecule has 1 saturated heterocycles. The van der Waals surface area contributed by atoms with E-state index < -0.39 is 6.04 Å². The molecule has 0 spiro atoms. The van der Waals surface area contributed by atoms with Gasteiger partial charge in [0.2, 0.25) is 0 Å². The smallest absolute Gasteiger partial charge is 0.321 e. The molecule has 2 aliphatic rings. The number of amides is 2. The van der Waals surface area contributed by atoms with Crippen LogP contribution >= 0.6 is 0 Å². The molecule has 4 N–H and O–H groups in total. The van der Waals surface area contributed by atoms with Crippen molar-refractivity contribution in [1.29, 1.82) is 0 Å². The van der Waals surface area contributed by atoms with E-state index in [0.29, 0.717) is 5.84 Å². The molecule has 2 aliphatic heterocycles. The van der Waals surface area contributed by atoms with E-state index in [9.17, 15) is 9.90 Å². The number of phenols is 1. The number of hydrogen-bond acceptors (Lipinski definition) is 4. The zero-order chi connectivity index (χ0) is 19.8. The highest BCUT2D eigenvalue weighted by atomic mass is 16.3. The number of hydrogen-bond donors (Lipinski definition) is 4. The van der Waals surface area contributed by atoms with Crippen molar-refractivity contribution < 1.29 is 9.90 Å². The Labute approximate surface area is 167 Å². The van der Waals surface area contributed by atoms with Crippen LogP contribution in [0.1, 0.15) is 17.2 Å². The van der Waals surface area contributed by atoms with Gasteiger partial charge in [-0.1, -0.05) is 54.6 Å². The van der Waals surface area contributed by atoms with Gasteiger partial charge in [-0.15, -0.1) is 0 Å². The lowest BCUT2D eigenvalue weighted by molar-refractivity contribution is 0.241. The Balaban J connectivity index is 1.77. The maximum atomic E-state index is 12.4. The molecule has 1 unspecified atom stereocenters. The summed E-state index contributed by atoms with van der Waals surface area (Å²) < 4.78 is 0. The van der Waals surface area contributed by atoms with E-state index in [1.165, 1.54) is 0 Å². The van der Waals surface area contributed by atoms with Gasteiger partial charge in [-0.25, -0.2) is 9.79 Å². The first-order valence-electron chi connectivity index (χ1n) is 9.30. The van der Waals surface area contributed by atoms with Gasteiger partial charge in [0.15, 0.2) is 0 Å². The molecule has 0 saturated carbocycles. The fraction of sp³-hybridized carbons (Fsp3) is 0.0435. The molecule has 1 atom stereocenters. The largest absolute Gasteiger partial charge is 0.508 e. The van der Waals surface area contributed by atoms with Gasteiger partial charge < -0.3 is 15.7 Å². The number of aliphatic imine (C=N–C) groups is 1. The molecule has 0 bridgehead atoms. The van der Waals surface area contributed by atoms with Crippen molar-refractivity contribution in [2.45, 2.75) is 6.04 Å². The number of benzene rings is 3. The van der Waals surface area contributed by atoms with Gasteiger partial charge >= 0.3 is 6.03 Å². The summed E-state index contributed by atoms with van der Waals surface area (Å²) in [4.78, 5) is 17.2. The molecule has 0 radical (unpaired) electrons. The second-order valence-corrected chi connectivity index (χ2v) is 6.88. The van der Waals surface area contributed by atoms with Gasteiger partial charge in [-0.2, -0.15) is 0 Å². The molecular formula is C23H18N4O2. The Morgan fingerprint density at radius 2 is 1.55 bits per heavy atom. The summed E-state index contributed by atoms with van der Waals surface area (Å²) in [5.74, 6) is 0.676. The van der Waals surface area contributed by atoms with Crippen LogP contribution in [0.2, 0.25) is 0 Å². The van der Waals surface area contributed by atoms with Crippen LogP contribution in [-0.2, 0) is 0 Å². The molecule has 3 aromatic carbocycles. The number of para-hydroxylation sites is 2. The van der Waals surface area contributed by atoms with E-state index in [4.69, 9.17) is 4.99 Å². The number of nitrogens with one attached hydrogen (secondary N) is 3. The fourth-order valence-electron chi connectivity index (χ4n) is 3.65. The highest BCUT2D eigenvalue weighted by molar-refractivity contribution is 6.18. The van der Waals surface area contributed by atoms with E-state index in [1.807, 2.05) is 54.6 Å². The van der Waals surface area contributed by atoms with E-state index in [2.05, 4.69) is 16.0 Å². The minimum atomic E-state index is -0.430. The number of carbonyl (C=O) groups excluding carboxylic acids is 1. The van der Waals surface area contributed by atoms with Crippen molar-refractivity contribution in [3.05, 3.63) is 95.6 Å². The second kappa shape index (κ2) is 6.83. The third-order valence-electron chi connectivity index (χ3n) is 5.01. The molecule has 1 fully saturated rings. The lowest BCUT2D eigenvalue weighted by Crippen LogP contribution is -2.50. The third kappa shape index (κ3) is 3.10. The Morgan fingerprint density at radius 3 is 2.34 bits per heavy atom. The first-order chi connectivity index (χ1) is 14.2. The number of nitrogens with zero attached hydrogens (tertiary/aromatic N) is 1. The lowest BCUT2D eigenvalue weighted by atomic mass is 9.92. The number of amidine groups is 1. The van der Waals surface area contributed by atoms with Crippen molar-refractivity contribution in [3.63, 3.8) is 0 Å². The van der Waals surface area contributed by atoms with Crippen molar-refractivity contribution in [2.75, 3.05) is 5.32 Å². The summed E-state index contributed by atoms with van der Waals surface area (Å²) in [5.41, 5.74) is 5.13. The van der Waals surface area contributed by atoms with Gasteiger partial charge in [0.1, 0.15) is 11.6 Å². The molecule has 2 heterocycles. The number of phenolic OH excluding ortho intramolecular Hbond substituents is 1. The van der Waals surface area contributed by atoms with Crippen LogP contribution in [0.5, 0.6) is 5.75 Å². The van der Waals surface area contributed by atoms with Gasteiger partial charge in [-0.3, -0.25) is 5.32 Å². The minimum absolute atomic E-state index is 0.173. The van der Waals surface area contributed by atoms with Crippen molar-refractivity contribution in [1.82, 2.24) is 10.6 Å². The molecule has 2 amide bonds. The van der Waals surface area contributed by atoms with Crippen LogP contribution in [0.25, 0.3) is 5.70 Å². The highest BCUT2D eigenvalue weighted by Gasteiger charge is 2.34. The van der Waals surface area contributed by atoms with Gasteiger partial charge in [0, 0.05) is 5.57 Å². The summed E-state index contributed by atoms with van der Waals surface area (Å²) in [6.45, 7) is 0. The zero-order valence-corrected chi connectivity index (χ0v) is 15.4. The predicted molar refractivity (Wildman–Crippen MR) is 113 cm³/mol. The number of anilines is 1. The zero-order valence-electron chi connectivity index (χ0n) is 15.4. The molecule has 29 heavy (non-hydrogen) atoms. The van der Waals surface area contributed by atoms with Crippen LogP contribution in [-0.4, -0.2) is 17.0 Å². The van der Waals surface area contributed by atoms with Crippen molar-refractivity contribution in [3.8, 4) is 5.75 Å². The first-order valence-corrected chi connectivity index (χ1v) is 9.30. The summed E-state index contributed by atoms with van der Waals surface area (Å²) in [6.07, 6.45) is 0. The lowest BCUT2D eigenvalue weighted by Gasteiger charge is -2.30. The molecule has 6 nitrogen and oxygen atoms in total. The average Bonchev–Trinajstić information content (AvgIpc) is 2.91. The first kappa shape index (κ1) is 17.1. The molecule has 0 aromatic heterocycles. The summed E-state index contributed by atoms with van der Waals surface area (Å²) >= 11 is 0. The topological polar surface area (TPSA) is 85.8 Å². The molecular weight excluding hydrogens is 364 g/mol. The van der Waals surface area contributed by atoms with Crippen molar-refractivity contribution in [2.24, 2.45) is 4.99 Å². The van der Waals surface area contributed by atoms with Crippen LogP contribution in [0.4, 0.5) is 16.2 Å². The number of carbonyl (C=O) groups is 1. The Bertz CT molecular complexity index is 1150. The molecule has 5 rings (SSSR count). The summed E-state index contributed by atoms with van der Waals surface area (Å²) in [7, 11) is 0. The molecule has 0 aliphatic carbocycles. The molecule has 142 valence electrons. The van der Waals surface area contributed by atoms with E-state index in [1.54, 1.807) is 24.3 Å². The maximum Gasteiger partial charge on any atom is 0.321 e. The molecule has 6 heteroatoms. The number of fused-ring (bicyclic) bond motifs is 2. The third-order valence-corrected chi connectivity index (χ3v) is 5.01.